The number of hydrogen-bond donors (Lipinski definition) is 2. The zero-order valence-electron chi connectivity index (χ0n) is 18.0. The Balaban J connectivity index is 1.25. The second-order valence-electron chi connectivity index (χ2n) is 7.91. The average Bonchev–Trinajstić information content (AvgIpc) is 3.28. The second kappa shape index (κ2) is 9.84. The van der Waals surface area contributed by atoms with Gasteiger partial charge in [0.15, 0.2) is 5.65 Å². The van der Waals surface area contributed by atoms with Gasteiger partial charge in [-0.1, -0.05) is 36.4 Å². The van der Waals surface area contributed by atoms with Gasteiger partial charge in [0.25, 0.3) is 0 Å². The molecule has 0 atom stereocenters. The third-order valence-corrected chi connectivity index (χ3v) is 5.70. The summed E-state index contributed by atoms with van der Waals surface area (Å²) in [4.78, 5) is 16.3. The number of nitrogens with zero attached hydrogens (tertiary/aromatic N) is 5. The first-order valence-electron chi connectivity index (χ1n) is 11.1. The van der Waals surface area contributed by atoms with Crippen LogP contribution in [0.3, 0.4) is 0 Å². The van der Waals surface area contributed by atoms with Crippen LogP contribution in [0.1, 0.15) is 11.3 Å². The van der Waals surface area contributed by atoms with Crippen LogP contribution in [0, 0.1) is 0 Å². The normalized spacial score (nSPS) is 14.6. The Morgan fingerprint density at radius 1 is 0.969 bits per heavy atom. The molecule has 1 aliphatic heterocycles. The molecule has 0 aliphatic carbocycles. The zero-order valence-corrected chi connectivity index (χ0v) is 18.0. The van der Waals surface area contributed by atoms with Crippen molar-refractivity contribution in [2.75, 3.05) is 44.7 Å². The topological polar surface area (TPSA) is 91.9 Å². The van der Waals surface area contributed by atoms with E-state index >= 15 is 0 Å². The number of aromatic amines is 1. The van der Waals surface area contributed by atoms with E-state index in [4.69, 9.17) is 9.72 Å². The van der Waals surface area contributed by atoms with Gasteiger partial charge < -0.3 is 10.1 Å². The highest BCUT2D eigenvalue weighted by molar-refractivity contribution is 5.89. The molecule has 0 bridgehead atoms. The van der Waals surface area contributed by atoms with Crippen LogP contribution in [0.4, 0.5) is 5.95 Å². The Morgan fingerprint density at radius 3 is 2.72 bits per heavy atom. The summed E-state index contributed by atoms with van der Waals surface area (Å²) in [5.74, 6) is 0.591. The maximum absolute atomic E-state index is 5.39. The second-order valence-corrected chi connectivity index (χ2v) is 7.91. The van der Waals surface area contributed by atoms with Crippen molar-refractivity contribution < 1.29 is 4.74 Å². The molecular weight excluding hydrogens is 402 g/mol. The van der Waals surface area contributed by atoms with Crippen LogP contribution in [0.5, 0.6) is 0 Å². The summed E-state index contributed by atoms with van der Waals surface area (Å²) >= 11 is 0. The summed E-state index contributed by atoms with van der Waals surface area (Å²) in [5, 5.41) is 11.7. The molecule has 1 fully saturated rings. The van der Waals surface area contributed by atoms with Gasteiger partial charge in [-0.15, -0.1) is 0 Å². The number of morpholine rings is 1. The van der Waals surface area contributed by atoms with E-state index in [1.165, 1.54) is 5.56 Å². The largest absolute Gasteiger partial charge is 0.379 e. The summed E-state index contributed by atoms with van der Waals surface area (Å²) in [6.45, 7) is 5.29. The molecule has 3 aromatic heterocycles. The molecule has 5 rings (SSSR count). The summed E-state index contributed by atoms with van der Waals surface area (Å²) < 4.78 is 5.39. The van der Waals surface area contributed by atoms with E-state index in [9.17, 15) is 0 Å². The van der Waals surface area contributed by atoms with Crippen LogP contribution in [-0.4, -0.2) is 69.4 Å². The summed E-state index contributed by atoms with van der Waals surface area (Å²) in [7, 11) is 0. The predicted octanol–water partition coefficient (Wildman–Crippen LogP) is 2.94. The Labute approximate surface area is 187 Å². The molecule has 0 spiro atoms. The Bertz CT molecular complexity index is 1160. The third-order valence-electron chi connectivity index (χ3n) is 5.70. The highest BCUT2D eigenvalue weighted by atomic mass is 16.5. The smallest absolute Gasteiger partial charge is 0.224 e. The van der Waals surface area contributed by atoms with E-state index in [-0.39, 0.29) is 0 Å². The molecule has 2 N–H and O–H groups in total. The highest BCUT2D eigenvalue weighted by Gasteiger charge is 2.13. The number of nitrogens with one attached hydrogen (secondary N) is 2. The summed E-state index contributed by atoms with van der Waals surface area (Å²) in [5.41, 5.74) is 4.71. The number of aryl methyl sites for hydroxylation is 2. The first-order chi connectivity index (χ1) is 15.8. The Kier molecular flexibility index (Phi) is 6.32. The van der Waals surface area contributed by atoms with Gasteiger partial charge in [-0.2, -0.15) is 10.1 Å². The Hall–Kier alpha value is -3.36. The van der Waals surface area contributed by atoms with Crippen LogP contribution in [0.25, 0.3) is 22.4 Å². The van der Waals surface area contributed by atoms with Crippen molar-refractivity contribution >= 4 is 17.0 Å². The van der Waals surface area contributed by atoms with Crippen molar-refractivity contribution in [2.24, 2.45) is 0 Å². The van der Waals surface area contributed by atoms with Gasteiger partial charge in [0.2, 0.25) is 5.95 Å². The van der Waals surface area contributed by atoms with E-state index < -0.39 is 0 Å². The number of pyridine rings is 1. The quantitative estimate of drug-likeness (QED) is 0.445. The van der Waals surface area contributed by atoms with E-state index in [2.05, 4.69) is 60.7 Å². The number of benzene rings is 1. The molecule has 4 heterocycles. The molecule has 0 radical (unpaired) electrons. The maximum Gasteiger partial charge on any atom is 0.224 e. The molecule has 1 aliphatic rings. The molecule has 8 nitrogen and oxygen atoms in total. The minimum Gasteiger partial charge on any atom is -0.379 e. The lowest BCUT2D eigenvalue weighted by Crippen LogP contribution is -2.39. The van der Waals surface area contributed by atoms with Gasteiger partial charge in [0.1, 0.15) is 0 Å². The van der Waals surface area contributed by atoms with Gasteiger partial charge in [0.05, 0.1) is 30.0 Å². The fraction of sp³-hybridized carbons (Fsp3) is 0.333. The lowest BCUT2D eigenvalue weighted by atomic mass is 10.1. The molecule has 4 aromatic rings. The van der Waals surface area contributed by atoms with Gasteiger partial charge in [0, 0.05) is 38.1 Å². The van der Waals surface area contributed by atoms with Crippen molar-refractivity contribution in [2.45, 2.75) is 12.8 Å². The van der Waals surface area contributed by atoms with E-state index in [0.717, 1.165) is 74.7 Å². The third kappa shape index (κ3) is 4.92. The van der Waals surface area contributed by atoms with E-state index in [1.807, 2.05) is 24.4 Å². The standard InChI is InChI=1S/C24H27N7O/c1-2-5-18(6-3-1)9-10-19-7-4-8-21(27-19)22-20-17-26-24(28-23(20)30-29-22)25-11-12-31-13-15-32-16-14-31/h1-8,17H,9-16H2,(H2,25,26,28,29,30). The van der Waals surface area contributed by atoms with Crippen molar-refractivity contribution in [3.63, 3.8) is 0 Å². The molecule has 1 saturated heterocycles. The number of ether oxygens (including phenoxy) is 1. The first kappa shape index (κ1) is 20.5. The zero-order chi connectivity index (χ0) is 21.6. The number of H-pyrrole nitrogens is 1. The minimum atomic E-state index is 0.591. The number of rotatable bonds is 8. The molecule has 0 amide bonds. The van der Waals surface area contributed by atoms with Crippen molar-refractivity contribution in [1.29, 1.82) is 0 Å². The van der Waals surface area contributed by atoms with Gasteiger partial charge in [-0.3, -0.25) is 15.0 Å². The van der Waals surface area contributed by atoms with E-state index in [1.54, 1.807) is 0 Å². The van der Waals surface area contributed by atoms with Gasteiger partial charge >= 0.3 is 0 Å². The van der Waals surface area contributed by atoms with Crippen LogP contribution in [0.2, 0.25) is 0 Å². The fourth-order valence-electron chi connectivity index (χ4n) is 3.91. The number of aromatic nitrogens is 5. The average molecular weight is 430 g/mol. The molecule has 0 unspecified atom stereocenters. The predicted molar refractivity (Wildman–Crippen MR) is 125 cm³/mol. The van der Waals surface area contributed by atoms with Crippen molar-refractivity contribution in [3.8, 4) is 11.4 Å². The first-order valence-corrected chi connectivity index (χ1v) is 11.1. The summed E-state index contributed by atoms with van der Waals surface area (Å²) in [6, 6.07) is 16.6. The Morgan fingerprint density at radius 2 is 1.84 bits per heavy atom. The number of anilines is 1. The molecule has 32 heavy (non-hydrogen) atoms. The molecule has 164 valence electrons. The van der Waals surface area contributed by atoms with Crippen molar-refractivity contribution in [3.05, 3.63) is 66.0 Å². The van der Waals surface area contributed by atoms with Crippen LogP contribution in [-0.2, 0) is 17.6 Å². The van der Waals surface area contributed by atoms with Crippen LogP contribution >= 0.6 is 0 Å². The molecule has 1 aromatic carbocycles. The van der Waals surface area contributed by atoms with E-state index in [0.29, 0.717) is 11.6 Å². The maximum atomic E-state index is 5.39. The molecule has 8 heteroatoms. The molecule has 0 saturated carbocycles. The van der Waals surface area contributed by atoms with Gasteiger partial charge in [-0.25, -0.2) is 4.98 Å². The van der Waals surface area contributed by atoms with Crippen LogP contribution < -0.4 is 5.32 Å². The summed E-state index contributed by atoms with van der Waals surface area (Å²) in [6.07, 6.45) is 3.66. The van der Waals surface area contributed by atoms with Crippen LogP contribution in [0.15, 0.2) is 54.7 Å². The van der Waals surface area contributed by atoms with Crippen molar-refractivity contribution in [1.82, 2.24) is 30.0 Å². The number of hydrogen-bond acceptors (Lipinski definition) is 7. The highest BCUT2D eigenvalue weighted by Crippen LogP contribution is 2.24. The van der Waals surface area contributed by atoms with Gasteiger partial charge in [-0.05, 0) is 30.5 Å². The minimum absolute atomic E-state index is 0.591. The monoisotopic (exact) mass is 429 g/mol. The fourth-order valence-corrected chi connectivity index (χ4v) is 3.91. The number of fused-ring (bicyclic) bond motifs is 1. The lowest BCUT2D eigenvalue weighted by Gasteiger charge is -2.26. The SMILES string of the molecule is c1ccc(CCc2cccc(-c3[nH]nc4nc(NCCN5CCOCC5)ncc34)n2)cc1. The lowest BCUT2D eigenvalue weighted by molar-refractivity contribution is 0.0398. The molecular formula is C24H27N7O.